The molecule has 0 atom stereocenters. The van der Waals surface area contributed by atoms with Gasteiger partial charge >= 0.3 is 0 Å². The van der Waals surface area contributed by atoms with Gasteiger partial charge in [-0.3, -0.25) is 9.59 Å². The minimum absolute atomic E-state index is 0.0132. The minimum atomic E-state index is -0.871. The highest BCUT2D eigenvalue weighted by atomic mass is 16.3. The number of aliphatic hydroxyl groups is 1. The highest BCUT2D eigenvalue weighted by molar-refractivity contribution is 6.52. The van der Waals surface area contributed by atoms with E-state index in [1.54, 1.807) is 0 Å². The predicted molar refractivity (Wildman–Crippen MR) is 100 cm³/mol. The topological polar surface area (TPSA) is 94.8 Å². The number of aliphatic hydroxyl groups excluding tert-OH is 1. The molecule has 1 aliphatic rings. The first-order chi connectivity index (χ1) is 12.1. The van der Waals surface area contributed by atoms with Crippen molar-refractivity contribution in [3.8, 4) is 11.5 Å². The summed E-state index contributed by atoms with van der Waals surface area (Å²) in [5.74, 6) is -2.79. The van der Waals surface area contributed by atoms with Gasteiger partial charge in [-0.1, -0.05) is 23.3 Å². The lowest BCUT2D eigenvalue weighted by Crippen LogP contribution is -2.24. The van der Waals surface area contributed by atoms with E-state index in [-0.39, 0.29) is 40.2 Å². The van der Waals surface area contributed by atoms with Crippen LogP contribution in [0.3, 0.4) is 0 Å². The van der Waals surface area contributed by atoms with Gasteiger partial charge in [0.25, 0.3) is 0 Å². The lowest BCUT2D eigenvalue weighted by atomic mass is 9.85. The standard InChI is InChI=1S/C21H24O5/c1-11(2)6-5-7-12(3)8-9-14-19(24)15-10-16(22)13(4)18(23)17(15)21(26)20(14)25/h6,8,10,22-24H,5,7,9H2,1-4H3. The molecule has 1 aliphatic carbocycles. The first-order valence-electron chi connectivity index (χ1n) is 8.51. The van der Waals surface area contributed by atoms with Gasteiger partial charge in [0.15, 0.2) is 0 Å². The maximum absolute atomic E-state index is 12.4. The lowest BCUT2D eigenvalue weighted by molar-refractivity contribution is -0.112. The molecule has 138 valence electrons. The van der Waals surface area contributed by atoms with Gasteiger partial charge in [0.2, 0.25) is 11.6 Å². The van der Waals surface area contributed by atoms with Crippen molar-refractivity contribution < 1.29 is 24.9 Å². The second kappa shape index (κ2) is 7.60. The Balaban J connectivity index is 2.37. The number of fused-ring (bicyclic) bond motifs is 1. The Morgan fingerprint density at radius 1 is 1.04 bits per heavy atom. The maximum atomic E-state index is 12.4. The number of aromatic hydroxyl groups is 2. The number of Topliss-reactive ketones (excluding diaryl/α,β-unsaturated/α-hetero) is 2. The number of phenols is 2. The molecule has 0 unspecified atom stereocenters. The van der Waals surface area contributed by atoms with E-state index in [1.165, 1.54) is 18.6 Å². The molecule has 0 fully saturated rings. The van der Waals surface area contributed by atoms with E-state index in [2.05, 4.69) is 6.08 Å². The Hall–Kier alpha value is -2.82. The first kappa shape index (κ1) is 19.5. The van der Waals surface area contributed by atoms with Crippen LogP contribution < -0.4 is 0 Å². The van der Waals surface area contributed by atoms with E-state index in [1.807, 2.05) is 26.8 Å². The van der Waals surface area contributed by atoms with Crippen LogP contribution in [-0.2, 0) is 4.79 Å². The Labute approximate surface area is 153 Å². The molecule has 3 N–H and O–H groups in total. The highest BCUT2D eigenvalue weighted by Gasteiger charge is 2.35. The molecule has 0 bridgehead atoms. The molecule has 5 nitrogen and oxygen atoms in total. The summed E-state index contributed by atoms with van der Waals surface area (Å²) in [6, 6.07) is 1.20. The van der Waals surface area contributed by atoms with Crippen LogP contribution in [0.1, 0.15) is 61.5 Å². The van der Waals surface area contributed by atoms with Gasteiger partial charge < -0.3 is 15.3 Å². The van der Waals surface area contributed by atoms with Crippen LogP contribution in [0.15, 0.2) is 34.9 Å². The monoisotopic (exact) mass is 356 g/mol. The first-order valence-corrected chi connectivity index (χ1v) is 8.51. The molecule has 2 rings (SSSR count). The molecule has 0 saturated heterocycles. The van der Waals surface area contributed by atoms with E-state index < -0.39 is 17.3 Å². The van der Waals surface area contributed by atoms with Crippen molar-refractivity contribution >= 4 is 17.3 Å². The molecule has 0 spiro atoms. The third-order valence-electron chi connectivity index (χ3n) is 4.52. The van der Waals surface area contributed by atoms with E-state index in [0.717, 1.165) is 18.4 Å². The maximum Gasteiger partial charge on any atom is 0.237 e. The van der Waals surface area contributed by atoms with Crippen molar-refractivity contribution in [2.24, 2.45) is 0 Å². The number of allylic oxidation sites excluding steroid dienone is 5. The van der Waals surface area contributed by atoms with Crippen molar-refractivity contribution in [3.05, 3.63) is 51.6 Å². The molecule has 0 saturated carbocycles. The molecule has 0 aliphatic heterocycles. The molecule has 0 radical (unpaired) electrons. The van der Waals surface area contributed by atoms with Gasteiger partial charge in [-0.05, 0) is 53.0 Å². The van der Waals surface area contributed by atoms with E-state index in [9.17, 15) is 24.9 Å². The number of carbonyl (C=O) groups is 2. The zero-order valence-electron chi connectivity index (χ0n) is 15.5. The summed E-state index contributed by atoms with van der Waals surface area (Å²) < 4.78 is 0. The van der Waals surface area contributed by atoms with Crippen molar-refractivity contribution in [3.63, 3.8) is 0 Å². The van der Waals surface area contributed by atoms with E-state index >= 15 is 0 Å². The van der Waals surface area contributed by atoms with Crippen LogP contribution in [0.2, 0.25) is 0 Å². The molecule has 0 heterocycles. The van der Waals surface area contributed by atoms with Gasteiger partial charge in [-0.15, -0.1) is 0 Å². The fourth-order valence-electron chi connectivity index (χ4n) is 2.85. The Bertz CT molecular complexity index is 865. The van der Waals surface area contributed by atoms with Crippen LogP contribution in [0.4, 0.5) is 0 Å². The van der Waals surface area contributed by atoms with Gasteiger partial charge in [0.05, 0.1) is 5.56 Å². The molecule has 1 aromatic carbocycles. The van der Waals surface area contributed by atoms with E-state index in [4.69, 9.17) is 0 Å². The quantitative estimate of drug-likeness (QED) is 0.532. The summed E-state index contributed by atoms with van der Waals surface area (Å²) in [5, 5.41) is 30.4. The average Bonchev–Trinajstić information content (AvgIpc) is 2.57. The number of rotatable bonds is 5. The largest absolute Gasteiger partial charge is 0.508 e. The van der Waals surface area contributed by atoms with Crippen molar-refractivity contribution in [2.45, 2.75) is 47.0 Å². The molecule has 5 heteroatoms. The van der Waals surface area contributed by atoms with Crippen LogP contribution in [-0.4, -0.2) is 26.9 Å². The average molecular weight is 356 g/mol. The zero-order valence-corrected chi connectivity index (χ0v) is 15.5. The summed E-state index contributed by atoms with van der Waals surface area (Å²) in [7, 11) is 0. The third-order valence-corrected chi connectivity index (χ3v) is 4.52. The molecule has 1 aromatic rings. The van der Waals surface area contributed by atoms with Crippen molar-refractivity contribution in [1.82, 2.24) is 0 Å². The Morgan fingerprint density at radius 2 is 1.69 bits per heavy atom. The normalized spacial score (nSPS) is 14.5. The lowest BCUT2D eigenvalue weighted by Gasteiger charge is -2.20. The molecular formula is C21H24O5. The van der Waals surface area contributed by atoms with Crippen molar-refractivity contribution in [1.29, 1.82) is 0 Å². The summed E-state index contributed by atoms with van der Waals surface area (Å²) in [5.41, 5.74) is 2.08. The summed E-state index contributed by atoms with van der Waals surface area (Å²) >= 11 is 0. The van der Waals surface area contributed by atoms with Gasteiger partial charge in [-0.25, -0.2) is 0 Å². The van der Waals surface area contributed by atoms with Gasteiger partial charge in [0.1, 0.15) is 17.3 Å². The molecule has 0 amide bonds. The smallest absolute Gasteiger partial charge is 0.237 e. The van der Waals surface area contributed by atoms with Gasteiger partial charge in [-0.2, -0.15) is 0 Å². The number of hydrogen-bond donors (Lipinski definition) is 3. The second-order valence-corrected chi connectivity index (χ2v) is 6.85. The van der Waals surface area contributed by atoms with Crippen molar-refractivity contribution in [2.75, 3.05) is 0 Å². The molecule has 26 heavy (non-hydrogen) atoms. The van der Waals surface area contributed by atoms with E-state index in [0.29, 0.717) is 0 Å². The van der Waals surface area contributed by atoms with Crippen LogP contribution >= 0.6 is 0 Å². The summed E-state index contributed by atoms with van der Waals surface area (Å²) in [6.45, 7) is 7.41. The third kappa shape index (κ3) is 3.72. The number of ketones is 2. The van der Waals surface area contributed by atoms with Crippen LogP contribution in [0.25, 0.3) is 5.76 Å². The van der Waals surface area contributed by atoms with Crippen LogP contribution in [0, 0.1) is 6.92 Å². The molecular weight excluding hydrogens is 332 g/mol. The van der Waals surface area contributed by atoms with Crippen LogP contribution in [0.5, 0.6) is 11.5 Å². The Kier molecular flexibility index (Phi) is 5.70. The number of benzene rings is 1. The molecule has 0 aromatic heterocycles. The number of hydrogen-bond acceptors (Lipinski definition) is 5. The number of phenolic OH excluding ortho intramolecular Hbond substituents is 2. The second-order valence-electron chi connectivity index (χ2n) is 6.85. The van der Waals surface area contributed by atoms with Gasteiger partial charge in [0, 0.05) is 16.7 Å². The number of carbonyl (C=O) groups excluding carboxylic acids is 2. The predicted octanol–water partition coefficient (Wildman–Crippen LogP) is 4.52. The summed E-state index contributed by atoms with van der Waals surface area (Å²) in [6.07, 6.45) is 5.75. The fourth-order valence-corrected chi connectivity index (χ4v) is 2.85. The zero-order chi connectivity index (χ0) is 19.6. The Morgan fingerprint density at radius 3 is 2.31 bits per heavy atom. The highest BCUT2D eigenvalue weighted by Crippen LogP contribution is 2.40. The summed E-state index contributed by atoms with van der Waals surface area (Å²) in [4.78, 5) is 24.8. The fraction of sp³-hybridized carbons (Fsp3) is 0.333. The SMILES string of the molecule is CC(C)=CCCC(C)=CCC1=C(O)c2cc(O)c(C)c(O)c2C(=O)C1=O. The minimum Gasteiger partial charge on any atom is -0.508 e.